The van der Waals surface area contributed by atoms with Gasteiger partial charge in [0.05, 0.1) is 7.11 Å². The van der Waals surface area contributed by atoms with E-state index < -0.39 is 0 Å². The maximum atomic E-state index is 5.71. The maximum Gasteiger partial charge on any atom is 0.123 e. The fraction of sp³-hybridized carbons (Fsp3) is 0.684. The van der Waals surface area contributed by atoms with Crippen LogP contribution in [0.5, 0.6) is 5.75 Å². The number of piperazine rings is 1. The molecule has 0 unspecified atom stereocenters. The molecule has 1 N–H and O–H groups in total. The molecule has 0 aromatic heterocycles. The predicted molar refractivity (Wildman–Crippen MR) is 106 cm³/mol. The summed E-state index contributed by atoms with van der Waals surface area (Å²) in [6.07, 6.45) is 4.11. The highest BCUT2D eigenvalue weighted by molar-refractivity contribution is 5.85. The van der Waals surface area contributed by atoms with Crippen molar-refractivity contribution in [2.75, 3.05) is 33.3 Å². The third-order valence-electron chi connectivity index (χ3n) is 5.13. The van der Waals surface area contributed by atoms with Crippen LogP contribution in [0.15, 0.2) is 18.2 Å². The van der Waals surface area contributed by atoms with E-state index in [1.165, 1.54) is 30.4 Å². The number of hydrogen-bond donors (Lipinski definition) is 1. The Balaban J connectivity index is 0.00000144. The van der Waals surface area contributed by atoms with Crippen LogP contribution in [-0.4, -0.2) is 38.2 Å². The summed E-state index contributed by atoms with van der Waals surface area (Å²) in [4.78, 5) is 2.66. The van der Waals surface area contributed by atoms with Crippen molar-refractivity contribution >= 4 is 24.8 Å². The quantitative estimate of drug-likeness (QED) is 0.797. The minimum atomic E-state index is 0. The SMILES string of the molecule is COc1ccc(C(C)C)cc1[C@H](CC1CC1)N1CCNCC1.Cl.Cl. The zero-order chi connectivity index (χ0) is 15.5. The second kappa shape index (κ2) is 9.86. The lowest BCUT2D eigenvalue weighted by Gasteiger charge is -2.36. The van der Waals surface area contributed by atoms with Crippen LogP contribution >= 0.6 is 24.8 Å². The van der Waals surface area contributed by atoms with Crippen LogP contribution < -0.4 is 10.1 Å². The standard InChI is InChI=1S/C19H30N2O.2ClH/c1-14(2)16-6-7-19(22-3)17(13-16)18(12-15-4-5-15)21-10-8-20-9-11-21;;/h6-7,13-15,18,20H,4-5,8-12H2,1-3H3;2*1H/t18-;;/m0../s1. The van der Waals surface area contributed by atoms with Gasteiger partial charge in [-0.2, -0.15) is 0 Å². The van der Waals surface area contributed by atoms with Gasteiger partial charge in [-0.3, -0.25) is 4.90 Å². The summed E-state index contributed by atoms with van der Waals surface area (Å²) in [5.41, 5.74) is 2.83. The van der Waals surface area contributed by atoms with Crippen molar-refractivity contribution in [3.05, 3.63) is 29.3 Å². The average Bonchev–Trinajstić information content (AvgIpc) is 3.37. The van der Waals surface area contributed by atoms with Gasteiger partial charge in [0.25, 0.3) is 0 Å². The van der Waals surface area contributed by atoms with Gasteiger partial charge in [-0.1, -0.05) is 38.8 Å². The van der Waals surface area contributed by atoms with Gasteiger partial charge in [0.2, 0.25) is 0 Å². The van der Waals surface area contributed by atoms with Crippen LogP contribution in [0.25, 0.3) is 0 Å². The van der Waals surface area contributed by atoms with Crippen molar-refractivity contribution in [3.63, 3.8) is 0 Å². The zero-order valence-corrected chi connectivity index (χ0v) is 16.7. The average molecular weight is 375 g/mol. The van der Waals surface area contributed by atoms with E-state index in [-0.39, 0.29) is 24.8 Å². The van der Waals surface area contributed by atoms with Crippen molar-refractivity contribution in [2.24, 2.45) is 5.92 Å². The first-order valence-corrected chi connectivity index (χ1v) is 8.81. The number of ether oxygens (including phenoxy) is 1. The van der Waals surface area contributed by atoms with Crippen molar-refractivity contribution in [1.82, 2.24) is 10.2 Å². The highest BCUT2D eigenvalue weighted by atomic mass is 35.5. The molecule has 1 aliphatic carbocycles. The van der Waals surface area contributed by atoms with E-state index in [2.05, 4.69) is 42.3 Å². The summed E-state index contributed by atoms with van der Waals surface area (Å²) >= 11 is 0. The highest BCUT2D eigenvalue weighted by Gasteiger charge is 2.32. The van der Waals surface area contributed by atoms with Crippen molar-refractivity contribution in [3.8, 4) is 5.75 Å². The van der Waals surface area contributed by atoms with E-state index in [9.17, 15) is 0 Å². The van der Waals surface area contributed by atoms with Crippen molar-refractivity contribution < 1.29 is 4.74 Å². The van der Waals surface area contributed by atoms with Gasteiger partial charge in [-0.05, 0) is 29.9 Å². The molecule has 1 aromatic rings. The van der Waals surface area contributed by atoms with E-state index in [1.54, 1.807) is 7.11 Å². The normalized spacial score (nSPS) is 19.3. The van der Waals surface area contributed by atoms with Crippen molar-refractivity contribution in [1.29, 1.82) is 0 Å². The van der Waals surface area contributed by atoms with Crippen LogP contribution in [0.2, 0.25) is 0 Å². The molecule has 3 rings (SSSR count). The number of rotatable bonds is 6. The third-order valence-corrected chi connectivity index (χ3v) is 5.13. The Bertz CT molecular complexity index is 500. The molecule has 1 aromatic carbocycles. The molecule has 1 heterocycles. The Kier molecular flexibility index (Phi) is 8.86. The molecule has 0 radical (unpaired) electrons. The fourth-order valence-electron chi connectivity index (χ4n) is 3.51. The molecule has 1 aliphatic heterocycles. The van der Waals surface area contributed by atoms with Gasteiger partial charge in [0.1, 0.15) is 5.75 Å². The van der Waals surface area contributed by atoms with Gasteiger partial charge >= 0.3 is 0 Å². The molecule has 1 saturated carbocycles. The second-order valence-corrected chi connectivity index (χ2v) is 7.14. The topological polar surface area (TPSA) is 24.5 Å². The van der Waals surface area contributed by atoms with E-state index in [0.717, 1.165) is 37.8 Å². The molecule has 2 fully saturated rings. The molecule has 0 amide bonds. The smallest absolute Gasteiger partial charge is 0.123 e. The lowest BCUT2D eigenvalue weighted by molar-refractivity contribution is 0.157. The van der Waals surface area contributed by atoms with Crippen LogP contribution in [-0.2, 0) is 0 Å². The molecular weight excluding hydrogens is 343 g/mol. The van der Waals surface area contributed by atoms with Crippen LogP contribution in [0.3, 0.4) is 0 Å². The number of nitrogens with one attached hydrogen (secondary N) is 1. The number of nitrogens with zero attached hydrogens (tertiary/aromatic N) is 1. The molecular formula is C19H32Cl2N2O. The van der Waals surface area contributed by atoms with E-state index in [0.29, 0.717) is 12.0 Å². The molecule has 0 bridgehead atoms. The minimum absolute atomic E-state index is 0. The van der Waals surface area contributed by atoms with E-state index in [1.807, 2.05) is 0 Å². The summed E-state index contributed by atoms with van der Waals surface area (Å²) in [6.45, 7) is 9.04. The first kappa shape index (κ1) is 21.6. The van der Waals surface area contributed by atoms with Gasteiger partial charge < -0.3 is 10.1 Å². The summed E-state index contributed by atoms with van der Waals surface area (Å²) in [5.74, 6) is 2.55. The first-order valence-electron chi connectivity index (χ1n) is 8.81. The predicted octanol–water partition coefficient (Wildman–Crippen LogP) is 4.41. The highest BCUT2D eigenvalue weighted by Crippen LogP contribution is 2.43. The maximum absolute atomic E-state index is 5.71. The molecule has 3 nitrogen and oxygen atoms in total. The van der Waals surface area contributed by atoms with Crippen LogP contribution in [0.4, 0.5) is 0 Å². The second-order valence-electron chi connectivity index (χ2n) is 7.14. The summed E-state index contributed by atoms with van der Waals surface area (Å²) < 4.78 is 5.71. The Labute approximate surface area is 159 Å². The fourth-order valence-corrected chi connectivity index (χ4v) is 3.51. The Morgan fingerprint density at radius 2 is 1.83 bits per heavy atom. The molecule has 1 saturated heterocycles. The number of methoxy groups -OCH3 is 1. The monoisotopic (exact) mass is 374 g/mol. The van der Waals surface area contributed by atoms with Crippen LogP contribution in [0, 0.1) is 5.92 Å². The van der Waals surface area contributed by atoms with Gasteiger partial charge in [0.15, 0.2) is 0 Å². The summed E-state index contributed by atoms with van der Waals surface area (Å²) in [7, 11) is 1.81. The number of benzene rings is 1. The lowest BCUT2D eigenvalue weighted by atomic mass is 9.93. The summed E-state index contributed by atoms with van der Waals surface area (Å²) in [5, 5.41) is 3.48. The molecule has 138 valence electrons. The third kappa shape index (κ3) is 5.26. The largest absolute Gasteiger partial charge is 0.496 e. The first-order chi connectivity index (χ1) is 10.7. The Morgan fingerprint density at radius 1 is 1.17 bits per heavy atom. The van der Waals surface area contributed by atoms with Gasteiger partial charge in [0, 0.05) is 37.8 Å². The zero-order valence-electron chi connectivity index (χ0n) is 15.1. The molecule has 0 spiro atoms. The molecule has 24 heavy (non-hydrogen) atoms. The molecule has 5 heteroatoms. The van der Waals surface area contributed by atoms with Gasteiger partial charge in [-0.15, -0.1) is 24.8 Å². The Morgan fingerprint density at radius 3 is 2.38 bits per heavy atom. The lowest BCUT2D eigenvalue weighted by Crippen LogP contribution is -2.45. The Hall–Kier alpha value is -0.480. The number of halogens is 2. The van der Waals surface area contributed by atoms with Gasteiger partial charge in [-0.25, -0.2) is 0 Å². The molecule has 2 aliphatic rings. The van der Waals surface area contributed by atoms with Crippen LogP contribution in [0.1, 0.15) is 56.2 Å². The minimum Gasteiger partial charge on any atom is -0.496 e. The van der Waals surface area contributed by atoms with E-state index >= 15 is 0 Å². The van der Waals surface area contributed by atoms with Crippen molar-refractivity contribution in [2.45, 2.75) is 45.1 Å². The van der Waals surface area contributed by atoms with E-state index in [4.69, 9.17) is 4.74 Å². The summed E-state index contributed by atoms with van der Waals surface area (Å²) in [6, 6.07) is 7.31. The molecule has 1 atom stereocenters. The number of hydrogen-bond acceptors (Lipinski definition) is 3.